The van der Waals surface area contributed by atoms with Crippen LogP contribution in [0.1, 0.15) is 13.3 Å². The predicted octanol–water partition coefficient (Wildman–Crippen LogP) is 0.486. The summed E-state index contributed by atoms with van der Waals surface area (Å²) >= 11 is 0. The molecule has 58 valence electrons. The number of hydrogen-bond donors (Lipinski definition) is 1. The first kappa shape index (κ1) is 9.17. The van der Waals surface area contributed by atoms with E-state index < -0.39 is 12.1 Å². The first-order valence-electron chi connectivity index (χ1n) is 3.08. The van der Waals surface area contributed by atoms with Gasteiger partial charge in [0.1, 0.15) is 0 Å². The van der Waals surface area contributed by atoms with Gasteiger partial charge < -0.3 is 9.84 Å². The molecule has 1 unspecified atom stereocenters. The molecule has 0 aromatic carbocycles. The molecule has 0 aliphatic heterocycles. The molecule has 10 heavy (non-hydrogen) atoms. The predicted molar refractivity (Wildman–Crippen MR) is 37.5 cm³/mol. The highest BCUT2D eigenvalue weighted by atomic mass is 16.5. The van der Waals surface area contributed by atoms with E-state index in [9.17, 15) is 4.79 Å². The number of hydrogen-bond acceptors (Lipinski definition) is 3. The summed E-state index contributed by atoms with van der Waals surface area (Å²) in [5.41, 5.74) is 0.116. The van der Waals surface area contributed by atoms with E-state index in [1.807, 2.05) is 0 Å². The molecule has 3 nitrogen and oxygen atoms in total. The Morgan fingerprint density at radius 1 is 1.80 bits per heavy atom. The van der Waals surface area contributed by atoms with Crippen LogP contribution in [0.4, 0.5) is 0 Å². The maximum atomic E-state index is 10.6. The van der Waals surface area contributed by atoms with Crippen LogP contribution in [0.3, 0.4) is 0 Å². The van der Waals surface area contributed by atoms with E-state index in [2.05, 4.69) is 11.3 Å². The number of rotatable bonds is 3. The number of esters is 1. The fourth-order valence-electron chi connectivity index (χ4n) is 0.514. The van der Waals surface area contributed by atoms with E-state index in [-0.39, 0.29) is 5.57 Å². The van der Waals surface area contributed by atoms with E-state index in [1.54, 1.807) is 6.92 Å². The fraction of sp³-hybridized carbons (Fsp3) is 0.571. The van der Waals surface area contributed by atoms with Gasteiger partial charge in [0.25, 0.3) is 0 Å². The summed E-state index contributed by atoms with van der Waals surface area (Å²) in [4.78, 5) is 10.6. The Hall–Kier alpha value is -0.830. The maximum absolute atomic E-state index is 10.6. The Balaban J connectivity index is 3.95. The van der Waals surface area contributed by atoms with Crippen molar-refractivity contribution in [3.05, 3.63) is 12.2 Å². The molecule has 0 saturated heterocycles. The number of aliphatic hydroxyl groups excluding tert-OH is 1. The Kier molecular flexibility index (Phi) is 3.72. The second-order valence-corrected chi connectivity index (χ2v) is 1.94. The first-order valence-corrected chi connectivity index (χ1v) is 3.08. The smallest absolute Gasteiger partial charge is 0.335 e. The molecule has 1 N–H and O–H groups in total. The van der Waals surface area contributed by atoms with E-state index in [4.69, 9.17) is 5.11 Å². The van der Waals surface area contributed by atoms with Crippen LogP contribution < -0.4 is 0 Å². The van der Waals surface area contributed by atoms with Crippen molar-refractivity contribution in [2.24, 2.45) is 0 Å². The molecule has 0 amide bonds. The average molecular weight is 144 g/mol. The Bertz CT molecular complexity index is 140. The van der Waals surface area contributed by atoms with Crippen molar-refractivity contribution in [3.63, 3.8) is 0 Å². The Morgan fingerprint density at radius 3 is 2.60 bits per heavy atom. The molecule has 0 aliphatic rings. The topological polar surface area (TPSA) is 46.5 Å². The molecule has 0 spiro atoms. The zero-order valence-corrected chi connectivity index (χ0v) is 6.26. The van der Waals surface area contributed by atoms with Crippen LogP contribution in [0.15, 0.2) is 12.2 Å². The molecule has 0 bridgehead atoms. The maximum Gasteiger partial charge on any atom is 0.335 e. The average Bonchev–Trinajstić information content (AvgIpc) is 2.00. The van der Waals surface area contributed by atoms with Crippen molar-refractivity contribution in [2.75, 3.05) is 7.11 Å². The molecule has 0 heterocycles. The van der Waals surface area contributed by atoms with Gasteiger partial charge in [0, 0.05) is 0 Å². The van der Waals surface area contributed by atoms with Gasteiger partial charge in [0.05, 0.1) is 18.8 Å². The SMILES string of the molecule is C=C(C(=O)OC)C(O)CC. The molecular formula is C7H12O3. The minimum atomic E-state index is -0.771. The molecule has 3 heteroatoms. The lowest BCUT2D eigenvalue weighted by Gasteiger charge is -2.07. The van der Waals surface area contributed by atoms with Crippen LogP contribution in [-0.2, 0) is 9.53 Å². The molecule has 1 atom stereocenters. The molecule has 0 radical (unpaired) electrons. The third-order valence-electron chi connectivity index (χ3n) is 1.24. The van der Waals surface area contributed by atoms with Crippen molar-refractivity contribution in [1.82, 2.24) is 0 Å². The van der Waals surface area contributed by atoms with E-state index in [0.717, 1.165) is 0 Å². The molecule has 0 fully saturated rings. The van der Waals surface area contributed by atoms with Crippen LogP contribution in [0.2, 0.25) is 0 Å². The van der Waals surface area contributed by atoms with Crippen molar-refractivity contribution in [2.45, 2.75) is 19.4 Å². The minimum absolute atomic E-state index is 0.116. The summed E-state index contributed by atoms with van der Waals surface area (Å²) < 4.78 is 4.34. The standard InChI is InChI=1S/C7H12O3/c1-4-6(8)5(2)7(9)10-3/h6,8H,2,4H2,1,3H3. The number of methoxy groups -OCH3 is 1. The molecular weight excluding hydrogens is 132 g/mol. The third kappa shape index (κ3) is 2.19. The summed E-state index contributed by atoms with van der Waals surface area (Å²) in [5, 5.41) is 9.03. The number of carbonyl (C=O) groups excluding carboxylic acids is 1. The number of carbonyl (C=O) groups is 1. The molecule has 0 saturated carbocycles. The monoisotopic (exact) mass is 144 g/mol. The zero-order valence-electron chi connectivity index (χ0n) is 6.26. The summed E-state index contributed by atoms with van der Waals surface area (Å²) in [5.74, 6) is -0.547. The minimum Gasteiger partial charge on any atom is -0.466 e. The summed E-state index contributed by atoms with van der Waals surface area (Å²) in [6.45, 7) is 5.13. The highest BCUT2D eigenvalue weighted by Crippen LogP contribution is 2.04. The summed E-state index contributed by atoms with van der Waals surface area (Å²) in [6, 6.07) is 0. The van der Waals surface area contributed by atoms with Crippen LogP contribution in [0.5, 0.6) is 0 Å². The van der Waals surface area contributed by atoms with Gasteiger partial charge in [0.2, 0.25) is 0 Å². The van der Waals surface area contributed by atoms with Gasteiger partial charge in [-0.2, -0.15) is 0 Å². The van der Waals surface area contributed by atoms with E-state index in [1.165, 1.54) is 7.11 Å². The van der Waals surface area contributed by atoms with Crippen LogP contribution >= 0.6 is 0 Å². The third-order valence-corrected chi connectivity index (χ3v) is 1.24. The second-order valence-electron chi connectivity index (χ2n) is 1.94. The highest BCUT2D eigenvalue weighted by molar-refractivity contribution is 5.88. The molecule has 0 aliphatic carbocycles. The van der Waals surface area contributed by atoms with Crippen molar-refractivity contribution in [3.8, 4) is 0 Å². The van der Waals surface area contributed by atoms with Crippen molar-refractivity contribution < 1.29 is 14.6 Å². The lowest BCUT2D eigenvalue weighted by molar-refractivity contribution is -0.137. The Labute approximate surface area is 60.3 Å². The second kappa shape index (κ2) is 4.06. The van der Waals surface area contributed by atoms with Crippen molar-refractivity contribution in [1.29, 1.82) is 0 Å². The van der Waals surface area contributed by atoms with Crippen LogP contribution in [-0.4, -0.2) is 24.3 Å². The van der Waals surface area contributed by atoms with Crippen LogP contribution in [0, 0.1) is 0 Å². The van der Waals surface area contributed by atoms with Gasteiger partial charge in [-0.25, -0.2) is 4.79 Å². The first-order chi connectivity index (χ1) is 4.63. The fourth-order valence-corrected chi connectivity index (χ4v) is 0.514. The quantitative estimate of drug-likeness (QED) is 0.463. The number of ether oxygens (including phenoxy) is 1. The summed E-state index contributed by atoms with van der Waals surface area (Å²) in [6.07, 6.45) is -0.291. The lowest BCUT2D eigenvalue weighted by Crippen LogP contribution is -2.17. The van der Waals surface area contributed by atoms with Gasteiger partial charge in [0.15, 0.2) is 0 Å². The largest absolute Gasteiger partial charge is 0.466 e. The van der Waals surface area contributed by atoms with Gasteiger partial charge in [-0.15, -0.1) is 0 Å². The van der Waals surface area contributed by atoms with Crippen molar-refractivity contribution >= 4 is 5.97 Å². The zero-order chi connectivity index (χ0) is 8.15. The van der Waals surface area contributed by atoms with Gasteiger partial charge in [-0.1, -0.05) is 13.5 Å². The highest BCUT2D eigenvalue weighted by Gasteiger charge is 2.13. The van der Waals surface area contributed by atoms with Crippen LogP contribution in [0.25, 0.3) is 0 Å². The van der Waals surface area contributed by atoms with E-state index in [0.29, 0.717) is 6.42 Å². The number of aliphatic hydroxyl groups is 1. The van der Waals surface area contributed by atoms with Gasteiger partial charge >= 0.3 is 5.97 Å². The van der Waals surface area contributed by atoms with E-state index >= 15 is 0 Å². The van der Waals surface area contributed by atoms with Gasteiger partial charge in [-0.05, 0) is 6.42 Å². The Morgan fingerprint density at radius 2 is 2.30 bits per heavy atom. The summed E-state index contributed by atoms with van der Waals surface area (Å²) in [7, 11) is 1.26. The van der Waals surface area contributed by atoms with Gasteiger partial charge in [-0.3, -0.25) is 0 Å². The molecule has 0 rings (SSSR count). The molecule has 0 aromatic rings. The lowest BCUT2D eigenvalue weighted by atomic mass is 10.1. The normalized spacial score (nSPS) is 12.3. The molecule has 0 aromatic heterocycles.